The number of nitrogens with one attached hydrogen (secondary N) is 1. The van der Waals surface area contributed by atoms with Gasteiger partial charge in [0.25, 0.3) is 0 Å². The maximum Gasteiger partial charge on any atom is 0.127 e. The Hall–Kier alpha value is -1.80. The fourth-order valence-corrected chi connectivity index (χ4v) is 2.98. The van der Waals surface area contributed by atoms with Crippen molar-refractivity contribution in [3.8, 4) is 5.75 Å². The molecule has 21 heavy (non-hydrogen) atoms. The van der Waals surface area contributed by atoms with Crippen LogP contribution in [0.5, 0.6) is 5.75 Å². The Morgan fingerprint density at radius 2 is 1.90 bits per heavy atom. The minimum Gasteiger partial charge on any atom is -0.487 e. The van der Waals surface area contributed by atoms with Crippen LogP contribution < -0.4 is 10.1 Å². The largest absolute Gasteiger partial charge is 0.487 e. The third-order valence-corrected chi connectivity index (χ3v) is 3.90. The molecule has 1 heterocycles. The summed E-state index contributed by atoms with van der Waals surface area (Å²) in [5.41, 5.74) is 5.14. The van der Waals surface area contributed by atoms with Gasteiger partial charge in [0.2, 0.25) is 0 Å². The number of ether oxygens (including phenoxy) is 1. The standard InChI is InChI=1S/C19H23NO/c1-14-6-4-7-15(10-14)12-20-13-17-9-5-8-16-11-19(2,3)21-18(16)17/h4-10,20H,11-13H2,1-3H3. The molecule has 0 saturated carbocycles. The van der Waals surface area contributed by atoms with Gasteiger partial charge in [0, 0.05) is 25.1 Å². The van der Waals surface area contributed by atoms with E-state index in [1.807, 2.05) is 0 Å². The minimum atomic E-state index is -0.0744. The number of fused-ring (bicyclic) bond motifs is 1. The Morgan fingerprint density at radius 1 is 1.10 bits per heavy atom. The molecule has 0 amide bonds. The normalized spacial score (nSPS) is 15.6. The second-order valence-electron chi connectivity index (χ2n) is 6.54. The Labute approximate surface area is 127 Å². The zero-order chi connectivity index (χ0) is 14.9. The van der Waals surface area contributed by atoms with Crippen LogP contribution in [0.2, 0.25) is 0 Å². The van der Waals surface area contributed by atoms with Gasteiger partial charge in [0.1, 0.15) is 11.4 Å². The Morgan fingerprint density at radius 3 is 2.71 bits per heavy atom. The Bertz CT molecular complexity index is 646. The molecule has 3 rings (SSSR count). The summed E-state index contributed by atoms with van der Waals surface area (Å²) < 4.78 is 6.11. The molecule has 0 fully saturated rings. The van der Waals surface area contributed by atoms with Gasteiger partial charge < -0.3 is 10.1 Å². The first kappa shape index (κ1) is 14.2. The molecule has 0 unspecified atom stereocenters. The molecule has 1 aliphatic heterocycles. The average molecular weight is 281 g/mol. The van der Waals surface area contributed by atoms with Crippen LogP contribution in [0.4, 0.5) is 0 Å². The number of rotatable bonds is 4. The van der Waals surface area contributed by atoms with E-state index in [0.717, 1.165) is 25.3 Å². The highest BCUT2D eigenvalue weighted by Crippen LogP contribution is 2.37. The van der Waals surface area contributed by atoms with E-state index in [1.54, 1.807) is 0 Å². The summed E-state index contributed by atoms with van der Waals surface area (Å²) in [6, 6.07) is 15.1. The van der Waals surface area contributed by atoms with Crippen LogP contribution in [0, 0.1) is 6.92 Å². The van der Waals surface area contributed by atoms with Gasteiger partial charge in [-0.05, 0) is 31.9 Å². The topological polar surface area (TPSA) is 21.3 Å². The van der Waals surface area contributed by atoms with Crippen LogP contribution in [-0.2, 0) is 19.5 Å². The van der Waals surface area contributed by atoms with Crippen LogP contribution in [0.25, 0.3) is 0 Å². The lowest BCUT2D eigenvalue weighted by Gasteiger charge is -2.18. The molecule has 0 radical (unpaired) electrons. The lowest BCUT2D eigenvalue weighted by atomic mass is 10.0. The SMILES string of the molecule is Cc1cccc(CNCc2cccc3c2OC(C)(C)C3)c1. The van der Waals surface area contributed by atoms with Gasteiger partial charge in [0.15, 0.2) is 0 Å². The van der Waals surface area contributed by atoms with Crippen LogP contribution >= 0.6 is 0 Å². The van der Waals surface area contributed by atoms with E-state index in [1.165, 1.54) is 22.3 Å². The quantitative estimate of drug-likeness (QED) is 0.914. The van der Waals surface area contributed by atoms with Crippen molar-refractivity contribution in [1.29, 1.82) is 0 Å². The smallest absolute Gasteiger partial charge is 0.127 e. The van der Waals surface area contributed by atoms with Gasteiger partial charge in [-0.1, -0.05) is 48.0 Å². The van der Waals surface area contributed by atoms with Crippen molar-refractivity contribution < 1.29 is 4.74 Å². The molecule has 2 aromatic carbocycles. The van der Waals surface area contributed by atoms with E-state index in [4.69, 9.17) is 4.74 Å². The molecular weight excluding hydrogens is 258 g/mol. The zero-order valence-electron chi connectivity index (χ0n) is 13.1. The zero-order valence-corrected chi connectivity index (χ0v) is 13.1. The molecule has 110 valence electrons. The molecule has 0 saturated heterocycles. The van der Waals surface area contributed by atoms with E-state index >= 15 is 0 Å². The highest BCUT2D eigenvalue weighted by atomic mass is 16.5. The van der Waals surface area contributed by atoms with Crippen molar-refractivity contribution in [1.82, 2.24) is 5.32 Å². The van der Waals surface area contributed by atoms with Crippen molar-refractivity contribution in [3.05, 3.63) is 64.7 Å². The van der Waals surface area contributed by atoms with Gasteiger partial charge in [-0.2, -0.15) is 0 Å². The van der Waals surface area contributed by atoms with Crippen molar-refractivity contribution in [2.75, 3.05) is 0 Å². The van der Waals surface area contributed by atoms with Crippen LogP contribution in [-0.4, -0.2) is 5.60 Å². The maximum atomic E-state index is 6.11. The molecule has 1 N–H and O–H groups in total. The van der Waals surface area contributed by atoms with Crippen LogP contribution in [0.1, 0.15) is 36.1 Å². The predicted molar refractivity (Wildman–Crippen MR) is 86.6 cm³/mol. The number of benzene rings is 2. The van der Waals surface area contributed by atoms with E-state index in [0.29, 0.717) is 0 Å². The number of hydrogen-bond acceptors (Lipinski definition) is 2. The van der Waals surface area contributed by atoms with Crippen molar-refractivity contribution in [2.24, 2.45) is 0 Å². The maximum absolute atomic E-state index is 6.11. The summed E-state index contributed by atoms with van der Waals surface area (Å²) in [7, 11) is 0. The van der Waals surface area contributed by atoms with Gasteiger partial charge in [-0.3, -0.25) is 0 Å². The van der Waals surface area contributed by atoms with E-state index in [9.17, 15) is 0 Å². The first-order valence-electron chi connectivity index (χ1n) is 7.59. The third kappa shape index (κ3) is 3.27. The van der Waals surface area contributed by atoms with Gasteiger partial charge >= 0.3 is 0 Å². The molecule has 0 aliphatic carbocycles. The van der Waals surface area contributed by atoms with Crippen molar-refractivity contribution >= 4 is 0 Å². The summed E-state index contributed by atoms with van der Waals surface area (Å²) in [5, 5.41) is 3.52. The Balaban J connectivity index is 1.66. The first-order valence-corrected chi connectivity index (χ1v) is 7.59. The average Bonchev–Trinajstić information content (AvgIpc) is 2.74. The van der Waals surface area contributed by atoms with Crippen LogP contribution in [0.3, 0.4) is 0 Å². The molecular formula is C19H23NO. The minimum absolute atomic E-state index is 0.0744. The third-order valence-electron chi connectivity index (χ3n) is 3.90. The summed E-state index contributed by atoms with van der Waals surface area (Å²) in [6.45, 7) is 8.15. The number of aryl methyl sites for hydroxylation is 1. The second-order valence-corrected chi connectivity index (χ2v) is 6.54. The molecule has 1 aliphatic rings. The first-order chi connectivity index (χ1) is 10.0. The van der Waals surface area contributed by atoms with Gasteiger partial charge in [-0.25, -0.2) is 0 Å². The fourth-order valence-electron chi connectivity index (χ4n) is 2.98. The lowest BCUT2D eigenvalue weighted by molar-refractivity contribution is 0.137. The highest BCUT2D eigenvalue weighted by molar-refractivity contribution is 5.45. The summed E-state index contributed by atoms with van der Waals surface area (Å²) in [6.07, 6.45) is 0.994. The van der Waals surface area contributed by atoms with E-state index in [-0.39, 0.29) is 5.60 Å². The lowest BCUT2D eigenvalue weighted by Crippen LogP contribution is -2.25. The molecule has 2 heteroatoms. The molecule has 2 nitrogen and oxygen atoms in total. The highest BCUT2D eigenvalue weighted by Gasteiger charge is 2.31. The second kappa shape index (κ2) is 5.53. The van der Waals surface area contributed by atoms with Crippen molar-refractivity contribution in [2.45, 2.75) is 45.9 Å². The molecule has 2 aromatic rings. The molecule has 0 spiro atoms. The summed E-state index contributed by atoms with van der Waals surface area (Å²) in [5.74, 6) is 1.08. The predicted octanol–water partition coefficient (Wildman–Crippen LogP) is 4.00. The van der Waals surface area contributed by atoms with Crippen molar-refractivity contribution in [3.63, 3.8) is 0 Å². The van der Waals surface area contributed by atoms with E-state index in [2.05, 4.69) is 68.6 Å². The van der Waals surface area contributed by atoms with E-state index < -0.39 is 0 Å². The molecule has 0 aromatic heterocycles. The van der Waals surface area contributed by atoms with Crippen LogP contribution in [0.15, 0.2) is 42.5 Å². The Kier molecular flexibility index (Phi) is 3.73. The summed E-state index contributed by atoms with van der Waals surface area (Å²) >= 11 is 0. The summed E-state index contributed by atoms with van der Waals surface area (Å²) in [4.78, 5) is 0. The number of hydrogen-bond donors (Lipinski definition) is 1. The monoisotopic (exact) mass is 281 g/mol. The molecule has 0 bridgehead atoms. The number of para-hydroxylation sites is 1. The molecule has 0 atom stereocenters. The van der Waals surface area contributed by atoms with Gasteiger partial charge in [0.05, 0.1) is 0 Å². The van der Waals surface area contributed by atoms with Gasteiger partial charge in [-0.15, -0.1) is 0 Å². The fraction of sp³-hybridized carbons (Fsp3) is 0.368.